The van der Waals surface area contributed by atoms with E-state index in [0.29, 0.717) is 12.8 Å². The molecular weight excluding hydrogens is 308 g/mol. The highest BCUT2D eigenvalue weighted by Gasteiger charge is 2.29. The van der Waals surface area contributed by atoms with E-state index in [4.69, 9.17) is 0 Å². The number of amides is 2. The molecule has 1 aromatic carbocycles. The van der Waals surface area contributed by atoms with Gasteiger partial charge in [0.15, 0.2) is 0 Å². The number of piperidine rings is 1. The zero-order valence-corrected chi connectivity index (χ0v) is 11.6. The number of benzene rings is 1. The Morgan fingerprint density at radius 1 is 1.21 bits per heavy atom. The normalized spacial score (nSPS) is 19.5. The van der Waals surface area contributed by atoms with Gasteiger partial charge in [-0.3, -0.25) is 14.9 Å². The van der Waals surface area contributed by atoms with Crippen LogP contribution in [0.5, 0.6) is 0 Å². The molecule has 0 bridgehead atoms. The van der Waals surface area contributed by atoms with Crippen molar-refractivity contribution in [2.45, 2.75) is 18.8 Å². The van der Waals surface area contributed by atoms with Crippen LogP contribution in [0.15, 0.2) is 34.9 Å². The van der Waals surface area contributed by atoms with Crippen LogP contribution in [0.3, 0.4) is 0 Å². The Kier molecular flexibility index (Phi) is 3.06. The molecule has 1 aliphatic heterocycles. The molecule has 1 saturated heterocycles. The number of para-hydroxylation sites is 1. The topological polar surface area (TPSA) is 59.1 Å². The first-order chi connectivity index (χ1) is 9.15. The number of hydrogen-bond acceptors (Lipinski definition) is 3. The molecule has 1 fully saturated rings. The SMILES string of the molecule is O=C1CCC(c2cccc3ccc(Br)nc23)C(=O)N1. The Balaban J connectivity index is 2.12. The van der Waals surface area contributed by atoms with Crippen molar-refractivity contribution >= 4 is 38.6 Å². The number of hydrogen-bond donors (Lipinski definition) is 1. The second-order valence-electron chi connectivity index (χ2n) is 4.56. The van der Waals surface area contributed by atoms with E-state index in [0.717, 1.165) is 21.1 Å². The zero-order chi connectivity index (χ0) is 13.4. The van der Waals surface area contributed by atoms with Crippen molar-refractivity contribution in [2.24, 2.45) is 0 Å². The molecule has 19 heavy (non-hydrogen) atoms. The summed E-state index contributed by atoms with van der Waals surface area (Å²) < 4.78 is 0.736. The second-order valence-corrected chi connectivity index (χ2v) is 5.37. The summed E-state index contributed by atoms with van der Waals surface area (Å²) in [6.45, 7) is 0. The van der Waals surface area contributed by atoms with Crippen LogP contribution in [0.4, 0.5) is 0 Å². The molecule has 1 N–H and O–H groups in total. The van der Waals surface area contributed by atoms with Crippen LogP contribution in [0.1, 0.15) is 24.3 Å². The highest BCUT2D eigenvalue weighted by molar-refractivity contribution is 9.10. The van der Waals surface area contributed by atoms with Crippen LogP contribution in [-0.2, 0) is 9.59 Å². The van der Waals surface area contributed by atoms with E-state index >= 15 is 0 Å². The van der Waals surface area contributed by atoms with Crippen molar-refractivity contribution in [3.8, 4) is 0 Å². The quantitative estimate of drug-likeness (QED) is 0.649. The summed E-state index contributed by atoms with van der Waals surface area (Å²) in [4.78, 5) is 27.6. The lowest BCUT2D eigenvalue weighted by molar-refractivity contribution is -0.134. The fourth-order valence-electron chi connectivity index (χ4n) is 2.42. The number of aromatic nitrogens is 1. The molecule has 2 amide bonds. The summed E-state index contributed by atoms with van der Waals surface area (Å²) >= 11 is 3.35. The number of fused-ring (bicyclic) bond motifs is 1. The van der Waals surface area contributed by atoms with E-state index in [1.807, 2.05) is 30.3 Å². The van der Waals surface area contributed by atoms with Gasteiger partial charge in [-0.1, -0.05) is 24.3 Å². The summed E-state index contributed by atoms with van der Waals surface area (Å²) in [5.41, 5.74) is 1.69. The third-order valence-electron chi connectivity index (χ3n) is 3.33. The van der Waals surface area contributed by atoms with Gasteiger partial charge < -0.3 is 0 Å². The zero-order valence-electron chi connectivity index (χ0n) is 10.0. The number of nitrogens with one attached hydrogen (secondary N) is 1. The van der Waals surface area contributed by atoms with Crippen LogP contribution in [0.2, 0.25) is 0 Å². The minimum Gasteiger partial charge on any atom is -0.296 e. The molecule has 0 saturated carbocycles. The van der Waals surface area contributed by atoms with Crippen LogP contribution >= 0.6 is 15.9 Å². The minimum atomic E-state index is -0.303. The van der Waals surface area contributed by atoms with Gasteiger partial charge in [0, 0.05) is 11.8 Å². The standard InChI is InChI=1S/C14H11BrN2O2/c15-11-6-4-8-2-1-3-9(13(8)16-11)10-5-7-12(18)17-14(10)19/h1-4,6,10H,5,7H2,(H,17,18,19). The molecule has 0 aliphatic carbocycles. The third-order valence-corrected chi connectivity index (χ3v) is 3.77. The summed E-state index contributed by atoms with van der Waals surface area (Å²) in [6, 6.07) is 9.61. The van der Waals surface area contributed by atoms with Crippen molar-refractivity contribution in [1.82, 2.24) is 10.3 Å². The number of pyridine rings is 1. The first-order valence-corrected chi connectivity index (χ1v) is 6.83. The average Bonchev–Trinajstić information content (AvgIpc) is 2.38. The number of imide groups is 1. The van der Waals surface area contributed by atoms with Gasteiger partial charge in [-0.05, 0) is 34.0 Å². The van der Waals surface area contributed by atoms with E-state index in [1.54, 1.807) is 0 Å². The Hall–Kier alpha value is -1.75. The lowest BCUT2D eigenvalue weighted by Gasteiger charge is -2.21. The van der Waals surface area contributed by atoms with Crippen LogP contribution < -0.4 is 5.32 Å². The van der Waals surface area contributed by atoms with Crippen molar-refractivity contribution in [1.29, 1.82) is 0 Å². The molecule has 1 aliphatic rings. The van der Waals surface area contributed by atoms with Crippen molar-refractivity contribution < 1.29 is 9.59 Å². The van der Waals surface area contributed by atoms with Gasteiger partial charge in [0.05, 0.1) is 11.4 Å². The average molecular weight is 319 g/mol. The number of nitrogens with zero attached hydrogens (tertiary/aromatic N) is 1. The van der Waals surface area contributed by atoms with E-state index in [1.165, 1.54) is 0 Å². The fourth-order valence-corrected chi connectivity index (χ4v) is 2.73. The predicted molar refractivity (Wildman–Crippen MR) is 74.6 cm³/mol. The Morgan fingerprint density at radius 2 is 2.05 bits per heavy atom. The monoisotopic (exact) mass is 318 g/mol. The highest BCUT2D eigenvalue weighted by Crippen LogP contribution is 2.30. The molecule has 0 spiro atoms. The van der Waals surface area contributed by atoms with Crippen LogP contribution in [0, 0.1) is 0 Å². The van der Waals surface area contributed by atoms with E-state index in [-0.39, 0.29) is 17.7 Å². The number of rotatable bonds is 1. The number of carbonyl (C=O) groups is 2. The smallest absolute Gasteiger partial charge is 0.234 e. The Labute approximate surface area is 118 Å². The Morgan fingerprint density at radius 3 is 2.84 bits per heavy atom. The lowest BCUT2D eigenvalue weighted by Crippen LogP contribution is -2.39. The van der Waals surface area contributed by atoms with Gasteiger partial charge in [-0.15, -0.1) is 0 Å². The van der Waals surface area contributed by atoms with Crippen molar-refractivity contribution in [3.05, 3.63) is 40.5 Å². The summed E-state index contributed by atoms with van der Waals surface area (Å²) in [5.74, 6) is -0.732. The van der Waals surface area contributed by atoms with E-state index in [9.17, 15) is 9.59 Å². The molecule has 3 rings (SSSR count). The van der Waals surface area contributed by atoms with Crippen LogP contribution in [0.25, 0.3) is 10.9 Å². The van der Waals surface area contributed by atoms with Gasteiger partial charge in [-0.2, -0.15) is 0 Å². The highest BCUT2D eigenvalue weighted by atomic mass is 79.9. The second kappa shape index (κ2) is 4.74. The maximum Gasteiger partial charge on any atom is 0.234 e. The third kappa shape index (κ3) is 2.26. The first-order valence-electron chi connectivity index (χ1n) is 6.04. The maximum absolute atomic E-state index is 12.0. The molecule has 4 nitrogen and oxygen atoms in total. The molecule has 1 atom stereocenters. The van der Waals surface area contributed by atoms with Crippen molar-refractivity contribution in [3.63, 3.8) is 0 Å². The fraction of sp³-hybridized carbons (Fsp3) is 0.214. The molecule has 1 aromatic heterocycles. The predicted octanol–water partition coefficient (Wildman–Crippen LogP) is 2.52. The summed E-state index contributed by atoms with van der Waals surface area (Å²) in [6.07, 6.45) is 0.915. The van der Waals surface area contributed by atoms with Gasteiger partial charge in [0.2, 0.25) is 11.8 Å². The molecule has 2 heterocycles. The first kappa shape index (κ1) is 12.3. The largest absolute Gasteiger partial charge is 0.296 e. The van der Waals surface area contributed by atoms with Gasteiger partial charge in [0.1, 0.15) is 4.60 Å². The molecule has 5 heteroatoms. The molecular formula is C14H11BrN2O2. The van der Waals surface area contributed by atoms with Gasteiger partial charge in [-0.25, -0.2) is 4.98 Å². The minimum absolute atomic E-state index is 0.198. The summed E-state index contributed by atoms with van der Waals surface area (Å²) in [5, 5.41) is 3.38. The maximum atomic E-state index is 12.0. The van der Waals surface area contributed by atoms with E-state index in [2.05, 4.69) is 26.2 Å². The summed E-state index contributed by atoms with van der Waals surface area (Å²) in [7, 11) is 0. The van der Waals surface area contributed by atoms with Gasteiger partial charge in [0.25, 0.3) is 0 Å². The lowest BCUT2D eigenvalue weighted by atomic mass is 9.89. The van der Waals surface area contributed by atoms with E-state index < -0.39 is 0 Å². The molecule has 96 valence electrons. The van der Waals surface area contributed by atoms with Gasteiger partial charge >= 0.3 is 0 Å². The Bertz CT molecular complexity index is 684. The molecule has 0 radical (unpaired) electrons. The number of carbonyl (C=O) groups excluding carboxylic acids is 2. The molecule has 1 unspecified atom stereocenters. The number of halogens is 1. The molecule has 2 aromatic rings. The van der Waals surface area contributed by atoms with Crippen molar-refractivity contribution in [2.75, 3.05) is 0 Å². The van der Waals surface area contributed by atoms with Crippen LogP contribution in [-0.4, -0.2) is 16.8 Å².